The topological polar surface area (TPSA) is 59.5 Å². The van der Waals surface area contributed by atoms with Crippen LogP contribution >= 0.6 is 12.4 Å². The van der Waals surface area contributed by atoms with Crippen LogP contribution in [-0.4, -0.2) is 24.4 Å². The predicted molar refractivity (Wildman–Crippen MR) is 72.3 cm³/mol. The molecule has 18 heavy (non-hydrogen) atoms. The molecule has 4 nitrogen and oxygen atoms in total. The summed E-state index contributed by atoms with van der Waals surface area (Å²) in [7, 11) is 1.83. The summed E-state index contributed by atoms with van der Waals surface area (Å²) in [6.45, 7) is 1.16. The Hall–Kier alpha value is -1.00. The third-order valence-corrected chi connectivity index (χ3v) is 3.63. The first-order chi connectivity index (χ1) is 8.22. The fourth-order valence-corrected chi connectivity index (χ4v) is 2.64. The highest BCUT2D eigenvalue weighted by Gasteiger charge is 2.33. The van der Waals surface area contributed by atoms with Crippen molar-refractivity contribution in [2.24, 2.45) is 17.6 Å². The van der Waals surface area contributed by atoms with Crippen LogP contribution in [0.15, 0.2) is 22.8 Å². The van der Waals surface area contributed by atoms with Crippen LogP contribution in [0.2, 0.25) is 0 Å². The fraction of sp³-hybridized carbons (Fsp3) is 0.615. The number of amides is 1. The Kier molecular flexibility index (Phi) is 5.69. The maximum Gasteiger partial charge on any atom is 0.226 e. The molecule has 1 amide bonds. The molecule has 0 aromatic carbocycles. The van der Waals surface area contributed by atoms with Crippen LogP contribution in [0.1, 0.15) is 25.0 Å². The van der Waals surface area contributed by atoms with Gasteiger partial charge in [0.1, 0.15) is 5.76 Å². The fourth-order valence-electron chi connectivity index (χ4n) is 2.64. The summed E-state index contributed by atoms with van der Waals surface area (Å²) in [5.41, 5.74) is 5.71. The van der Waals surface area contributed by atoms with Gasteiger partial charge >= 0.3 is 0 Å². The SMILES string of the molecule is CN(Cc1ccco1)C(=O)[C@@H]1CCC[C@@H]1CN.Cl. The predicted octanol–water partition coefficient (Wildman–Crippen LogP) is 2.03. The normalized spacial score (nSPS) is 22.6. The van der Waals surface area contributed by atoms with Crippen LogP contribution in [0.4, 0.5) is 0 Å². The van der Waals surface area contributed by atoms with Crippen LogP contribution in [0.3, 0.4) is 0 Å². The Bertz CT molecular complexity index is 367. The second-order valence-corrected chi connectivity index (χ2v) is 4.81. The molecule has 2 rings (SSSR count). The molecule has 0 aliphatic heterocycles. The van der Waals surface area contributed by atoms with Crippen molar-refractivity contribution in [3.63, 3.8) is 0 Å². The van der Waals surface area contributed by atoms with E-state index in [9.17, 15) is 4.79 Å². The summed E-state index contributed by atoms with van der Waals surface area (Å²) in [6.07, 6.45) is 4.81. The molecule has 1 aliphatic rings. The van der Waals surface area contributed by atoms with E-state index in [-0.39, 0.29) is 24.2 Å². The largest absolute Gasteiger partial charge is 0.467 e. The molecule has 102 valence electrons. The lowest BCUT2D eigenvalue weighted by atomic mass is 9.95. The first kappa shape index (κ1) is 15.1. The maximum absolute atomic E-state index is 12.3. The molecule has 1 heterocycles. The van der Waals surface area contributed by atoms with Gasteiger partial charge in [0.25, 0.3) is 0 Å². The molecule has 0 saturated heterocycles. The van der Waals surface area contributed by atoms with E-state index in [0.717, 1.165) is 25.0 Å². The molecule has 0 radical (unpaired) electrons. The third kappa shape index (κ3) is 3.27. The van der Waals surface area contributed by atoms with Crippen LogP contribution < -0.4 is 5.73 Å². The molecule has 1 aliphatic carbocycles. The Morgan fingerprint density at radius 3 is 2.94 bits per heavy atom. The van der Waals surface area contributed by atoms with Gasteiger partial charge in [-0.2, -0.15) is 0 Å². The number of carbonyl (C=O) groups excluding carboxylic acids is 1. The number of hydrogen-bond acceptors (Lipinski definition) is 3. The Morgan fingerprint density at radius 2 is 2.33 bits per heavy atom. The zero-order valence-electron chi connectivity index (χ0n) is 10.7. The molecular formula is C13H21ClN2O2. The standard InChI is InChI=1S/C13H20N2O2.ClH/c1-15(9-11-5-3-7-17-11)13(16)12-6-2-4-10(12)8-14;/h3,5,7,10,12H,2,4,6,8-9,14H2,1H3;1H/t10-,12-;/m1./s1. The molecule has 1 saturated carbocycles. The van der Waals surface area contributed by atoms with E-state index in [1.54, 1.807) is 11.2 Å². The molecule has 2 N–H and O–H groups in total. The van der Waals surface area contributed by atoms with Crippen molar-refractivity contribution in [3.8, 4) is 0 Å². The minimum Gasteiger partial charge on any atom is -0.467 e. The van der Waals surface area contributed by atoms with E-state index in [1.165, 1.54) is 0 Å². The summed E-state index contributed by atoms with van der Waals surface area (Å²) >= 11 is 0. The number of nitrogens with two attached hydrogens (primary N) is 1. The van der Waals surface area contributed by atoms with E-state index in [1.807, 2.05) is 19.2 Å². The molecule has 2 atom stereocenters. The molecule has 0 bridgehead atoms. The summed E-state index contributed by atoms with van der Waals surface area (Å²) in [5, 5.41) is 0. The summed E-state index contributed by atoms with van der Waals surface area (Å²) < 4.78 is 5.25. The highest BCUT2D eigenvalue weighted by atomic mass is 35.5. The second kappa shape index (κ2) is 6.81. The lowest BCUT2D eigenvalue weighted by Crippen LogP contribution is -2.36. The molecule has 1 aromatic heterocycles. The van der Waals surface area contributed by atoms with E-state index < -0.39 is 0 Å². The van der Waals surface area contributed by atoms with Crippen molar-refractivity contribution in [1.29, 1.82) is 0 Å². The van der Waals surface area contributed by atoms with Crippen molar-refractivity contribution in [2.45, 2.75) is 25.8 Å². The van der Waals surface area contributed by atoms with Crippen molar-refractivity contribution < 1.29 is 9.21 Å². The van der Waals surface area contributed by atoms with Gasteiger partial charge < -0.3 is 15.1 Å². The van der Waals surface area contributed by atoms with Crippen molar-refractivity contribution in [2.75, 3.05) is 13.6 Å². The van der Waals surface area contributed by atoms with E-state index in [4.69, 9.17) is 10.2 Å². The molecule has 5 heteroatoms. The Balaban J connectivity index is 0.00000162. The van der Waals surface area contributed by atoms with Crippen molar-refractivity contribution >= 4 is 18.3 Å². The third-order valence-electron chi connectivity index (χ3n) is 3.63. The van der Waals surface area contributed by atoms with Gasteiger partial charge in [0, 0.05) is 13.0 Å². The molecular weight excluding hydrogens is 252 g/mol. The number of nitrogens with zero attached hydrogens (tertiary/aromatic N) is 1. The zero-order chi connectivity index (χ0) is 12.3. The van der Waals surface area contributed by atoms with Gasteiger partial charge in [0.2, 0.25) is 5.91 Å². The van der Waals surface area contributed by atoms with Crippen LogP contribution in [-0.2, 0) is 11.3 Å². The van der Waals surface area contributed by atoms with Gasteiger partial charge in [-0.1, -0.05) is 6.42 Å². The van der Waals surface area contributed by atoms with Gasteiger partial charge in [-0.15, -0.1) is 12.4 Å². The molecule has 0 unspecified atom stereocenters. The van der Waals surface area contributed by atoms with Gasteiger partial charge in [0.15, 0.2) is 0 Å². The van der Waals surface area contributed by atoms with Crippen LogP contribution in [0, 0.1) is 11.8 Å². The highest BCUT2D eigenvalue weighted by Crippen LogP contribution is 2.32. The van der Waals surface area contributed by atoms with Gasteiger partial charge in [-0.25, -0.2) is 0 Å². The van der Waals surface area contributed by atoms with Crippen molar-refractivity contribution in [1.82, 2.24) is 4.90 Å². The lowest BCUT2D eigenvalue weighted by molar-refractivity contribution is -0.136. The average molecular weight is 273 g/mol. The molecule has 1 fully saturated rings. The van der Waals surface area contributed by atoms with Gasteiger partial charge in [-0.05, 0) is 37.4 Å². The Morgan fingerprint density at radius 1 is 1.56 bits per heavy atom. The zero-order valence-corrected chi connectivity index (χ0v) is 11.5. The maximum atomic E-state index is 12.3. The second-order valence-electron chi connectivity index (χ2n) is 4.81. The Labute approximate surface area is 114 Å². The lowest BCUT2D eigenvalue weighted by Gasteiger charge is -2.23. The molecule has 0 spiro atoms. The number of rotatable bonds is 4. The number of carbonyl (C=O) groups is 1. The number of hydrogen-bond donors (Lipinski definition) is 1. The average Bonchev–Trinajstić information content (AvgIpc) is 2.97. The first-order valence-electron chi connectivity index (χ1n) is 6.19. The summed E-state index contributed by atoms with van der Waals surface area (Å²) in [6, 6.07) is 3.73. The first-order valence-corrected chi connectivity index (χ1v) is 6.19. The minimum absolute atomic E-state index is 0. The summed E-state index contributed by atoms with van der Waals surface area (Å²) in [5.74, 6) is 1.50. The van der Waals surface area contributed by atoms with Crippen molar-refractivity contribution in [3.05, 3.63) is 24.2 Å². The van der Waals surface area contributed by atoms with E-state index in [0.29, 0.717) is 19.0 Å². The van der Waals surface area contributed by atoms with E-state index >= 15 is 0 Å². The minimum atomic E-state index is 0. The van der Waals surface area contributed by atoms with E-state index in [2.05, 4.69) is 0 Å². The quantitative estimate of drug-likeness (QED) is 0.912. The smallest absolute Gasteiger partial charge is 0.226 e. The summed E-state index contributed by atoms with van der Waals surface area (Å²) in [4.78, 5) is 14.0. The van der Waals surface area contributed by atoms with Gasteiger partial charge in [0.05, 0.1) is 12.8 Å². The molecule has 1 aromatic rings. The number of halogens is 1. The van der Waals surface area contributed by atoms with Crippen LogP contribution in [0.25, 0.3) is 0 Å². The highest BCUT2D eigenvalue weighted by molar-refractivity contribution is 5.85. The van der Waals surface area contributed by atoms with Crippen LogP contribution in [0.5, 0.6) is 0 Å². The monoisotopic (exact) mass is 272 g/mol. The number of furan rings is 1. The van der Waals surface area contributed by atoms with Gasteiger partial charge in [-0.3, -0.25) is 4.79 Å².